The molecule has 0 aliphatic carbocycles. The highest BCUT2D eigenvalue weighted by molar-refractivity contribution is 7.89. The lowest BCUT2D eigenvalue weighted by molar-refractivity contribution is 0.414. The molecule has 0 bridgehead atoms. The SMILES string of the molecule is COc1cccc(CCCNS(=O)(=O)c2ccccc2)c1. The van der Waals surface area contributed by atoms with Crippen LogP contribution in [-0.4, -0.2) is 22.1 Å². The Morgan fingerprint density at radius 2 is 1.81 bits per heavy atom. The minimum absolute atomic E-state index is 0.298. The first-order valence-electron chi connectivity index (χ1n) is 6.79. The minimum Gasteiger partial charge on any atom is -0.497 e. The molecule has 5 heteroatoms. The minimum atomic E-state index is -3.40. The molecule has 0 aromatic heterocycles. The molecule has 0 radical (unpaired) electrons. The second kappa shape index (κ2) is 7.24. The number of benzene rings is 2. The average molecular weight is 305 g/mol. The van der Waals surface area contributed by atoms with Gasteiger partial charge in [0.2, 0.25) is 10.0 Å². The van der Waals surface area contributed by atoms with Crippen LogP contribution in [0.4, 0.5) is 0 Å². The molecule has 2 aromatic rings. The molecule has 0 heterocycles. The van der Waals surface area contributed by atoms with Gasteiger partial charge in [0.25, 0.3) is 0 Å². The lowest BCUT2D eigenvalue weighted by atomic mass is 10.1. The first-order valence-corrected chi connectivity index (χ1v) is 8.28. The van der Waals surface area contributed by atoms with Crippen LogP contribution in [0.3, 0.4) is 0 Å². The van der Waals surface area contributed by atoms with Crippen molar-refractivity contribution in [3.05, 3.63) is 60.2 Å². The van der Waals surface area contributed by atoms with Crippen molar-refractivity contribution in [1.29, 1.82) is 0 Å². The van der Waals surface area contributed by atoms with Gasteiger partial charge in [-0.05, 0) is 42.7 Å². The van der Waals surface area contributed by atoms with Crippen molar-refractivity contribution in [1.82, 2.24) is 4.72 Å². The van der Waals surface area contributed by atoms with Crippen LogP contribution in [0, 0.1) is 0 Å². The Labute approximate surface area is 125 Å². The standard InChI is InChI=1S/C16H19NO3S/c1-20-15-9-5-7-14(13-15)8-6-12-17-21(18,19)16-10-3-2-4-11-16/h2-5,7,9-11,13,17H,6,8,12H2,1H3. The van der Waals surface area contributed by atoms with E-state index >= 15 is 0 Å². The summed E-state index contributed by atoms with van der Waals surface area (Å²) in [6.07, 6.45) is 1.54. The van der Waals surface area contributed by atoms with Crippen LogP contribution in [0.1, 0.15) is 12.0 Å². The topological polar surface area (TPSA) is 55.4 Å². The number of nitrogens with one attached hydrogen (secondary N) is 1. The van der Waals surface area contributed by atoms with Crippen LogP contribution in [0.15, 0.2) is 59.5 Å². The molecular weight excluding hydrogens is 286 g/mol. The van der Waals surface area contributed by atoms with Gasteiger partial charge in [0, 0.05) is 6.54 Å². The molecule has 0 saturated carbocycles. The highest BCUT2D eigenvalue weighted by Gasteiger charge is 2.11. The number of aryl methyl sites for hydroxylation is 1. The molecule has 0 spiro atoms. The van der Waals surface area contributed by atoms with E-state index in [0.29, 0.717) is 11.4 Å². The second-order valence-corrected chi connectivity index (χ2v) is 6.43. The van der Waals surface area contributed by atoms with Crippen molar-refractivity contribution in [2.45, 2.75) is 17.7 Å². The van der Waals surface area contributed by atoms with Crippen molar-refractivity contribution < 1.29 is 13.2 Å². The molecule has 0 amide bonds. The molecule has 21 heavy (non-hydrogen) atoms. The van der Waals surface area contributed by atoms with Crippen LogP contribution >= 0.6 is 0 Å². The highest BCUT2D eigenvalue weighted by atomic mass is 32.2. The van der Waals surface area contributed by atoms with Gasteiger partial charge in [-0.1, -0.05) is 30.3 Å². The number of sulfonamides is 1. The maximum atomic E-state index is 12.0. The number of ether oxygens (including phenoxy) is 1. The lowest BCUT2D eigenvalue weighted by Crippen LogP contribution is -2.25. The molecule has 0 aliphatic heterocycles. The van der Waals surface area contributed by atoms with E-state index in [-0.39, 0.29) is 0 Å². The summed E-state index contributed by atoms with van der Waals surface area (Å²) in [6.45, 7) is 0.411. The molecule has 2 aromatic carbocycles. The van der Waals surface area contributed by atoms with Gasteiger partial charge in [0.15, 0.2) is 0 Å². The zero-order chi connectivity index (χ0) is 15.1. The maximum Gasteiger partial charge on any atom is 0.240 e. The molecule has 0 fully saturated rings. The molecule has 2 rings (SSSR count). The van der Waals surface area contributed by atoms with Crippen molar-refractivity contribution in [3.63, 3.8) is 0 Å². The fraction of sp³-hybridized carbons (Fsp3) is 0.250. The zero-order valence-electron chi connectivity index (χ0n) is 12.0. The Hall–Kier alpha value is -1.85. The predicted octanol–water partition coefficient (Wildman–Crippen LogP) is 2.61. The third kappa shape index (κ3) is 4.58. The van der Waals surface area contributed by atoms with Crippen molar-refractivity contribution in [2.24, 2.45) is 0 Å². The Balaban J connectivity index is 1.84. The fourth-order valence-electron chi connectivity index (χ4n) is 2.01. The van der Waals surface area contributed by atoms with Gasteiger partial charge in [0.05, 0.1) is 12.0 Å². The Morgan fingerprint density at radius 3 is 2.52 bits per heavy atom. The second-order valence-electron chi connectivity index (χ2n) is 4.67. The van der Waals surface area contributed by atoms with Crippen LogP contribution in [-0.2, 0) is 16.4 Å². The maximum absolute atomic E-state index is 12.0. The Kier molecular flexibility index (Phi) is 5.36. The summed E-state index contributed by atoms with van der Waals surface area (Å²) in [7, 11) is -1.77. The summed E-state index contributed by atoms with van der Waals surface area (Å²) in [5.74, 6) is 0.817. The van der Waals surface area contributed by atoms with Crippen LogP contribution in [0.2, 0.25) is 0 Å². The van der Waals surface area contributed by atoms with E-state index in [1.54, 1.807) is 37.4 Å². The van der Waals surface area contributed by atoms with Gasteiger partial charge in [-0.3, -0.25) is 0 Å². The number of hydrogen-bond donors (Lipinski definition) is 1. The third-order valence-electron chi connectivity index (χ3n) is 3.12. The summed E-state index contributed by atoms with van der Waals surface area (Å²) >= 11 is 0. The molecule has 1 N–H and O–H groups in total. The molecule has 0 unspecified atom stereocenters. The van der Waals surface area contributed by atoms with Crippen LogP contribution < -0.4 is 9.46 Å². The van der Waals surface area contributed by atoms with Crippen molar-refractivity contribution in [2.75, 3.05) is 13.7 Å². The van der Waals surface area contributed by atoms with E-state index in [0.717, 1.165) is 24.2 Å². The molecule has 4 nitrogen and oxygen atoms in total. The van der Waals surface area contributed by atoms with Crippen molar-refractivity contribution >= 4 is 10.0 Å². The summed E-state index contributed by atoms with van der Waals surface area (Å²) in [4.78, 5) is 0.298. The van der Waals surface area contributed by atoms with Gasteiger partial charge in [-0.25, -0.2) is 13.1 Å². The normalized spacial score (nSPS) is 11.3. The van der Waals surface area contributed by atoms with E-state index < -0.39 is 10.0 Å². The first-order chi connectivity index (χ1) is 10.1. The quantitative estimate of drug-likeness (QED) is 0.800. The molecule has 0 aliphatic rings. The number of rotatable bonds is 7. The molecule has 0 saturated heterocycles. The smallest absolute Gasteiger partial charge is 0.240 e. The van der Waals surface area contributed by atoms with E-state index in [4.69, 9.17) is 4.74 Å². The average Bonchev–Trinajstić information content (AvgIpc) is 2.53. The lowest BCUT2D eigenvalue weighted by Gasteiger charge is -2.07. The largest absolute Gasteiger partial charge is 0.497 e. The molecule has 0 atom stereocenters. The van der Waals surface area contributed by atoms with Gasteiger partial charge in [-0.2, -0.15) is 0 Å². The third-order valence-corrected chi connectivity index (χ3v) is 4.60. The summed E-state index contributed by atoms with van der Waals surface area (Å²) in [5, 5.41) is 0. The zero-order valence-corrected chi connectivity index (χ0v) is 12.8. The molecular formula is C16H19NO3S. The van der Waals surface area contributed by atoms with E-state index in [1.807, 2.05) is 24.3 Å². The van der Waals surface area contributed by atoms with E-state index in [9.17, 15) is 8.42 Å². The number of methoxy groups -OCH3 is 1. The molecule has 112 valence electrons. The highest BCUT2D eigenvalue weighted by Crippen LogP contribution is 2.14. The predicted molar refractivity (Wildman–Crippen MR) is 82.9 cm³/mol. The van der Waals surface area contributed by atoms with Crippen molar-refractivity contribution in [3.8, 4) is 5.75 Å². The summed E-state index contributed by atoms with van der Waals surface area (Å²) < 4.78 is 31.8. The monoisotopic (exact) mass is 305 g/mol. The summed E-state index contributed by atoms with van der Waals surface area (Å²) in [6, 6.07) is 16.2. The fourth-order valence-corrected chi connectivity index (χ4v) is 3.11. The van der Waals surface area contributed by atoms with Crippen LogP contribution in [0.5, 0.6) is 5.75 Å². The Morgan fingerprint density at radius 1 is 1.05 bits per heavy atom. The van der Waals surface area contributed by atoms with E-state index in [1.165, 1.54) is 0 Å². The van der Waals surface area contributed by atoms with E-state index in [2.05, 4.69) is 4.72 Å². The Bertz CT molecular complexity index is 669. The number of hydrogen-bond acceptors (Lipinski definition) is 3. The summed E-state index contributed by atoms with van der Waals surface area (Å²) in [5.41, 5.74) is 1.13. The first kappa shape index (κ1) is 15.5. The van der Waals surface area contributed by atoms with Gasteiger partial charge in [-0.15, -0.1) is 0 Å². The van der Waals surface area contributed by atoms with Gasteiger partial charge in [0.1, 0.15) is 5.75 Å². The van der Waals surface area contributed by atoms with Gasteiger partial charge < -0.3 is 4.74 Å². The van der Waals surface area contributed by atoms with Gasteiger partial charge >= 0.3 is 0 Å². The van der Waals surface area contributed by atoms with Crippen LogP contribution in [0.25, 0.3) is 0 Å².